The van der Waals surface area contributed by atoms with Crippen molar-refractivity contribution >= 4 is 29.2 Å². The maximum absolute atomic E-state index is 12.3. The molecule has 8 heteroatoms. The molecule has 1 heterocycles. The molecule has 7 nitrogen and oxygen atoms in total. The Hall–Kier alpha value is -2.48. The predicted octanol–water partition coefficient (Wildman–Crippen LogP) is 1.87. The van der Waals surface area contributed by atoms with Crippen LogP contribution in [0, 0.1) is 0 Å². The topological polar surface area (TPSA) is 110 Å². The number of nitrogens with two attached hydrogens (primary N) is 1. The number of anilines is 2. The van der Waals surface area contributed by atoms with Gasteiger partial charge in [0.15, 0.2) is 5.16 Å². The minimum atomic E-state index is -0.477. The number of benzene rings is 1. The van der Waals surface area contributed by atoms with E-state index >= 15 is 0 Å². The van der Waals surface area contributed by atoms with Crippen molar-refractivity contribution < 1.29 is 9.53 Å². The smallest absolute Gasteiger partial charge is 0.253 e. The van der Waals surface area contributed by atoms with E-state index < -0.39 is 5.25 Å². The fourth-order valence-corrected chi connectivity index (χ4v) is 2.63. The zero-order valence-corrected chi connectivity index (χ0v) is 13.6. The Morgan fingerprint density at radius 2 is 2.22 bits per heavy atom. The monoisotopic (exact) mass is 334 g/mol. The molecule has 0 unspecified atom stereocenters. The maximum Gasteiger partial charge on any atom is 0.253 e. The third-order valence-electron chi connectivity index (χ3n) is 2.84. The lowest BCUT2D eigenvalue weighted by Gasteiger charge is -2.14. The van der Waals surface area contributed by atoms with Gasteiger partial charge in [-0.3, -0.25) is 9.59 Å². The van der Waals surface area contributed by atoms with Gasteiger partial charge in [0.2, 0.25) is 5.91 Å². The number of rotatable bonds is 6. The second kappa shape index (κ2) is 7.68. The number of ether oxygens (including phenoxy) is 1. The van der Waals surface area contributed by atoms with E-state index in [1.807, 2.05) is 19.1 Å². The maximum atomic E-state index is 12.3. The summed E-state index contributed by atoms with van der Waals surface area (Å²) >= 11 is 1.12. The van der Waals surface area contributed by atoms with Crippen LogP contribution in [0.15, 0.2) is 40.3 Å². The number of aromatic amines is 1. The molecule has 0 aliphatic carbocycles. The van der Waals surface area contributed by atoms with E-state index in [2.05, 4.69) is 15.3 Å². The summed E-state index contributed by atoms with van der Waals surface area (Å²) in [5, 5.41) is 2.63. The van der Waals surface area contributed by atoms with Gasteiger partial charge in [0.25, 0.3) is 5.56 Å². The molecule has 23 heavy (non-hydrogen) atoms. The lowest BCUT2D eigenvalue weighted by atomic mass is 10.3. The van der Waals surface area contributed by atoms with Gasteiger partial charge < -0.3 is 20.8 Å². The highest BCUT2D eigenvalue weighted by molar-refractivity contribution is 8.00. The molecule has 0 fully saturated rings. The zero-order valence-electron chi connectivity index (χ0n) is 12.8. The van der Waals surface area contributed by atoms with Gasteiger partial charge in [-0.25, -0.2) is 4.98 Å². The average Bonchev–Trinajstić information content (AvgIpc) is 2.48. The lowest BCUT2D eigenvalue weighted by molar-refractivity contribution is -0.115. The van der Waals surface area contributed by atoms with Crippen molar-refractivity contribution in [3.8, 4) is 5.75 Å². The van der Waals surface area contributed by atoms with E-state index in [9.17, 15) is 9.59 Å². The summed E-state index contributed by atoms with van der Waals surface area (Å²) in [6.07, 6.45) is 0. The number of aromatic nitrogens is 2. The molecule has 0 aliphatic heterocycles. The van der Waals surface area contributed by atoms with E-state index in [-0.39, 0.29) is 17.3 Å². The fourth-order valence-electron chi connectivity index (χ4n) is 1.82. The molecule has 2 aromatic rings. The quantitative estimate of drug-likeness (QED) is 0.549. The van der Waals surface area contributed by atoms with Crippen LogP contribution in [0.1, 0.15) is 13.8 Å². The molecule has 1 atom stereocenters. The summed E-state index contributed by atoms with van der Waals surface area (Å²) in [5.74, 6) is 0.494. The predicted molar refractivity (Wildman–Crippen MR) is 90.8 cm³/mol. The molecule has 1 aromatic heterocycles. The third-order valence-corrected chi connectivity index (χ3v) is 3.83. The first kappa shape index (κ1) is 16.9. The SMILES string of the molecule is CCOc1ccccc1NC(=O)[C@@H](C)Sc1nc(N)cc(=O)[nH]1. The lowest BCUT2D eigenvalue weighted by Crippen LogP contribution is -2.23. The van der Waals surface area contributed by atoms with Crippen LogP contribution in [-0.4, -0.2) is 27.7 Å². The summed E-state index contributed by atoms with van der Waals surface area (Å²) in [6.45, 7) is 4.09. The van der Waals surface area contributed by atoms with E-state index in [1.165, 1.54) is 6.07 Å². The highest BCUT2D eigenvalue weighted by Crippen LogP contribution is 2.26. The number of thioether (sulfide) groups is 1. The molecule has 1 amide bonds. The molecule has 0 bridgehead atoms. The molecule has 0 radical (unpaired) electrons. The van der Waals surface area contributed by atoms with Crippen LogP contribution in [0.3, 0.4) is 0 Å². The zero-order chi connectivity index (χ0) is 16.8. The third kappa shape index (κ3) is 4.75. The molecule has 122 valence electrons. The summed E-state index contributed by atoms with van der Waals surface area (Å²) in [6, 6.07) is 8.38. The summed E-state index contributed by atoms with van der Waals surface area (Å²) < 4.78 is 5.47. The van der Waals surface area contributed by atoms with Crippen molar-refractivity contribution in [2.45, 2.75) is 24.3 Å². The van der Waals surface area contributed by atoms with Crippen LogP contribution in [0.2, 0.25) is 0 Å². The number of H-pyrrole nitrogens is 1. The van der Waals surface area contributed by atoms with Gasteiger partial charge in [-0.1, -0.05) is 23.9 Å². The number of nitrogen functional groups attached to an aromatic ring is 1. The number of hydrogen-bond donors (Lipinski definition) is 3. The van der Waals surface area contributed by atoms with Gasteiger partial charge in [0.05, 0.1) is 17.5 Å². The fraction of sp³-hybridized carbons (Fsp3) is 0.267. The molecule has 0 saturated carbocycles. The molecular formula is C15H18N4O3S. The van der Waals surface area contributed by atoms with Gasteiger partial charge in [0.1, 0.15) is 11.6 Å². The molecule has 0 saturated heterocycles. The minimum absolute atomic E-state index is 0.116. The van der Waals surface area contributed by atoms with Crippen LogP contribution >= 0.6 is 11.8 Å². The van der Waals surface area contributed by atoms with Gasteiger partial charge in [-0.15, -0.1) is 0 Å². The normalized spacial score (nSPS) is 11.7. The van der Waals surface area contributed by atoms with E-state index in [0.29, 0.717) is 23.2 Å². The van der Waals surface area contributed by atoms with Crippen molar-refractivity contribution in [1.82, 2.24) is 9.97 Å². The van der Waals surface area contributed by atoms with Crippen LogP contribution in [0.5, 0.6) is 5.75 Å². The average molecular weight is 334 g/mol. The van der Waals surface area contributed by atoms with Crippen molar-refractivity contribution in [3.05, 3.63) is 40.7 Å². The van der Waals surface area contributed by atoms with Crippen molar-refractivity contribution in [2.24, 2.45) is 0 Å². The summed E-state index contributed by atoms with van der Waals surface area (Å²) in [4.78, 5) is 30.2. The van der Waals surface area contributed by atoms with Crippen molar-refractivity contribution in [1.29, 1.82) is 0 Å². The first-order valence-electron chi connectivity index (χ1n) is 7.05. The number of carbonyl (C=O) groups excluding carboxylic acids is 1. The van der Waals surface area contributed by atoms with Crippen molar-refractivity contribution in [3.63, 3.8) is 0 Å². The molecule has 0 aliphatic rings. The Balaban J connectivity index is 2.07. The number of nitrogens with zero attached hydrogens (tertiary/aromatic N) is 1. The van der Waals surface area contributed by atoms with Gasteiger partial charge in [0, 0.05) is 6.07 Å². The van der Waals surface area contributed by atoms with Crippen LogP contribution < -0.4 is 21.3 Å². The number of hydrogen-bond acceptors (Lipinski definition) is 6. The molecule has 1 aromatic carbocycles. The van der Waals surface area contributed by atoms with Crippen LogP contribution in [0.25, 0.3) is 0 Å². The second-order valence-corrected chi connectivity index (χ2v) is 5.98. The standard InChI is InChI=1S/C15H18N4O3S/c1-3-22-11-7-5-4-6-10(11)17-14(21)9(2)23-15-18-12(16)8-13(20)19-15/h4-9H,3H2,1-2H3,(H,17,21)(H3,16,18,19,20)/t9-/m1/s1. The van der Waals surface area contributed by atoms with Gasteiger partial charge >= 0.3 is 0 Å². The van der Waals surface area contributed by atoms with E-state index in [1.54, 1.807) is 19.1 Å². The van der Waals surface area contributed by atoms with Crippen LogP contribution in [0.4, 0.5) is 11.5 Å². The number of carbonyl (C=O) groups is 1. The van der Waals surface area contributed by atoms with E-state index in [4.69, 9.17) is 10.5 Å². The van der Waals surface area contributed by atoms with Gasteiger partial charge in [-0.05, 0) is 26.0 Å². The highest BCUT2D eigenvalue weighted by atomic mass is 32.2. The number of nitrogens with one attached hydrogen (secondary N) is 2. The molecule has 4 N–H and O–H groups in total. The number of amides is 1. The molecular weight excluding hydrogens is 316 g/mol. The minimum Gasteiger partial charge on any atom is -0.492 e. The Morgan fingerprint density at radius 1 is 1.48 bits per heavy atom. The first-order chi connectivity index (χ1) is 11.0. The Bertz CT molecular complexity index is 747. The van der Waals surface area contributed by atoms with E-state index in [0.717, 1.165) is 11.8 Å². The molecule has 2 rings (SSSR count). The van der Waals surface area contributed by atoms with Crippen molar-refractivity contribution in [2.75, 3.05) is 17.7 Å². The van der Waals surface area contributed by atoms with Crippen LogP contribution in [-0.2, 0) is 4.79 Å². The summed E-state index contributed by atoms with van der Waals surface area (Å²) in [7, 11) is 0. The largest absolute Gasteiger partial charge is 0.492 e. The Kier molecular flexibility index (Phi) is 5.64. The Morgan fingerprint density at radius 3 is 2.91 bits per heavy atom. The number of para-hydroxylation sites is 2. The first-order valence-corrected chi connectivity index (χ1v) is 7.93. The van der Waals surface area contributed by atoms with Gasteiger partial charge in [-0.2, -0.15) is 0 Å². The highest BCUT2D eigenvalue weighted by Gasteiger charge is 2.17. The summed E-state index contributed by atoms with van der Waals surface area (Å²) in [5.41, 5.74) is 5.77. The molecule has 0 spiro atoms. The Labute approximate surface area is 137 Å². The second-order valence-electron chi connectivity index (χ2n) is 4.65.